The second kappa shape index (κ2) is 9.71. The van der Waals surface area contributed by atoms with Gasteiger partial charge in [0, 0.05) is 10.9 Å². The van der Waals surface area contributed by atoms with Crippen LogP contribution in [0.1, 0.15) is 11.1 Å². The molecule has 30 heavy (non-hydrogen) atoms. The fourth-order valence-corrected chi connectivity index (χ4v) is 3.52. The van der Waals surface area contributed by atoms with Crippen molar-refractivity contribution in [2.24, 2.45) is 5.10 Å². The van der Waals surface area contributed by atoms with Crippen molar-refractivity contribution < 1.29 is 9.47 Å². The summed E-state index contributed by atoms with van der Waals surface area (Å²) >= 11 is 1.51. The van der Waals surface area contributed by atoms with Crippen LogP contribution in [0, 0.1) is 0 Å². The smallest absolute Gasteiger partial charge is 0.203 e. The molecule has 0 aliphatic carbocycles. The summed E-state index contributed by atoms with van der Waals surface area (Å²) in [7, 11) is 1.63. The molecule has 0 saturated carbocycles. The Kier molecular flexibility index (Phi) is 6.37. The molecule has 1 N–H and O–H groups in total. The summed E-state index contributed by atoms with van der Waals surface area (Å²) in [4.78, 5) is 4.56. The molecule has 1 aromatic heterocycles. The van der Waals surface area contributed by atoms with Crippen LogP contribution in [0.15, 0.2) is 89.3 Å². The number of nitrogens with zero attached hydrogens (tertiary/aromatic N) is 2. The van der Waals surface area contributed by atoms with E-state index in [1.165, 1.54) is 11.3 Å². The first-order valence-electron chi connectivity index (χ1n) is 9.46. The molecular weight excluding hydrogens is 394 g/mol. The van der Waals surface area contributed by atoms with E-state index in [2.05, 4.69) is 15.5 Å². The van der Waals surface area contributed by atoms with E-state index in [-0.39, 0.29) is 0 Å². The number of anilines is 1. The minimum atomic E-state index is 0.486. The third-order valence-electron chi connectivity index (χ3n) is 4.37. The van der Waals surface area contributed by atoms with Crippen molar-refractivity contribution in [1.29, 1.82) is 0 Å². The van der Waals surface area contributed by atoms with Gasteiger partial charge in [-0.05, 0) is 29.3 Å². The Balaban J connectivity index is 1.38. The fraction of sp³-hybridized carbons (Fsp3) is 0.0833. The summed E-state index contributed by atoms with van der Waals surface area (Å²) in [6.45, 7) is 0.486. The largest absolute Gasteiger partial charge is 0.493 e. The van der Waals surface area contributed by atoms with Crippen LogP contribution in [0.25, 0.3) is 11.3 Å². The molecule has 3 aromatic carbocycles. The number of hydrogen-bond acceptors (Lipinski definition) is 6. The average Bonchev–Trinajstić information content (AvgIpc) is 3.28. The molecule has 4 rings (SSSR count). The standard InChI is InChI=1S/C24H21N3O2S/c1-28-23-14-19(12-13-22(23)29-16-18-8-4-2-5-9-18)15-25-27-24-26-21(17-30-24)20-10-6-3-7-11-20/h2-15,17H,16H2,1H3,(H,26,27)/b25-15+. The zero-order valence-corrected chi connectivity index (χ0v) is 17.3. The number of benzene rings is 3. The minimum Gasteiger partial charge on any atom is -0.493 e. The molecule has 0 atom stereocenters. The SMILES string of the molecule is COc1cc(/C=N/Nc2nc(-c3ccccc3)cs2)ccc1OCc1ccccc1. The van der Waals surface area contributed by atoms with Gasteiger partial charge in [-0.3, -0.25) is 5.43 Å². The van der Waals surface area contributed by atoms with Crippen LogP contribution in [0.3, 0.4) is 0 Å². The lowest BCUT2D eigenvalue weighted by molar-refractivity contribution is 0.284. The first kappa shape index (κ1) is 19.7. The molecule has 0 amide bonds. The Labute approximate surface area is 179 Å². The summed E-state index contributed by atoms with van der Waals surface area (Å²) in [5.74, 6) is 1.36. The minimum absolute atomic E-state index is 0.486. The molecule has 0 radical (unpaired) electrons. The normalized spacial score (nSPS) is 10.8. The zero-order chi connectivity index (χ0) is 20.6. The number of hydrogen-bond donors (Lipinski definition) is 1. The van der Waals surface area contributed by atoms with E-state index in [1.807, 2.05) is 84.2 Å². The van der Waals surface area contributed by atoms with Gasteiger partial charge in [-0.1, -0.05) is 60.7 Å². The Hall–Kier alpha value is -3.64. The third-order valence-corrected chi connectivity index (χ3v) is 5.12. The lowest BCUT2D eigenvalue weighted by Gasteiger charge is -2.11. The van der Waals surface area contributed by atoms with Gasteiger partial charge in [0.15, 0.2) is 11.5 Å². The van der Waals surface area contributed by atoms with Crippen LogP contribution < -0.4 is 14.9 Å². The third kappa shape index (κ3) is 5.04. The monoisotopic (exact) mass is 415 g/mol. The summed E-state index contributed by atoms with van der Waals surface area (Å²) in [6, 6.07) is 25.8. The highest BCUT2D eigenvalue weighted by molar-refractivity contribution is 7.14. The van der Waals surface area contributed by atoms with Gasteiger partial charge in [-0.25, -0.2) is 4.98 Å². The molecule has 0 bridgehead atoms. The van der Waals surface area contributed by atoms with Gasteiger partial charge in [-0.15, -0.1) is 11.3 Å². The van der Waals surface area contributed by atoms with E-state index in [0.29, 0.717) is 18.1 Å². The van der Waals surface area contributed by atoms with Crippen LogP contribution in [0.2, 0.25) is 0 Å². The van der Waals surface area contributed by atoms with Gasteiger partial charge in [0.2, 0.25) is 5.13 Å². The van der Waals surface area contributed by atoms with Crippen molar-refractivity contribution >= 4 is 22.7 Å². The highest BCUT2D eigenvalue weighted by Crippen LogP contribution is 2.28. The predicted octanol–water partition coefficient (Wildman–Crippen LogP) is 5.84. The van der Waals surface area contributed by atoms with Crippen LogP contribution in [0.4, 0.5) is 5.13 Å². The number of rotatable bonds is 8. The molecule has 0 fully saturated rings. The predicted molar refractivity (Wildman–Crippen MR) is 123 cm³/mol. The Morgan fingerprint density at radius 3 is 2.50 bits per heavy atom. The molecular formula is C24H21N3O2S. The van der Waals surface area contributed by atoms with Crippen LogP contribution in [-0.2, 0) is 6.61 Å². The number of hydrazone groups is 1. The van der Waals surface area contributed by atoms with Crippen molar-refractivity contribution in [1.82, 2.24) is 4.98 Å². The van der Waals surface area contributed by atoms with E-state index in [9.17, 15) is 0 Å². The molecule has 0 unspecified atom stereocenters. The van der Waals surface area contributed by atoms with Crippen molar-refractivity contribution in [3.8, 4) is 22.8 Å². The summed E-state index contributed by atoms with van der Waals surface area (Å²) in [6.07, 6.45) is 1.73. The number of nitrogens with one attached hydrogen (secondary N) is 1. The molecule has 0 saturated heterocycles. The van der Waals surface area contributed by atoms with Gasteiger partial charge >= 0.3 is 0 Å². The first-order chi connectivity index (χ1) is 14.8. The maximum Gasteiger partial charge on any atom is 0.203 e. The topological polar surface area (TPSA) is 55.7 Å². The molecule has 6 heteroatoms. The van der Waals surface area contributed by atoms with E-state index < -0.39 is 0 Å². The molecule has 4 aromatic rings. The van der Waals surface area contributed by atoms with Crippen LogP contribution in [-0.4, -0.2) is 18.3 Å². The zero-order valence-electron chi connectivity index (χ0n) is 16.5. The Bertz CT molecular complexity index is 1110. The van der Waals surface area contributed by atoms with Gasteiger partial charge in [-0.2, -0.15) is 5.10 Å². The van der Waals surface area contributed by atoms with Crippen molar-refractivity contribution in [2.45, 2.75) is 6.61 Å². The van der Waals surface area contributed by atoms with E-state index in [4.69, 9.17) is 9.47 Å². The van der Waals surface area contributed by atoms with Crippen molar-refractivity contribution in [3.05, 3.63) is 95.4 Å². The van der Waals surface area contributed by atoms with Crippen molar-refractivity contribution in [2.75, 3.05) is 12.5 Å². The second-order valence-corrected chi connectivity index (χ2v) is 7.32. The Morgan fingerprint density at radius 1 is 0.967 bits per heavy atom. The Morgan fingerprint density at radius 2 is 1.73 bits per heavy atom. The summed E-state index contributed by atoms with van der Waals surface area (Å²) in [5.41, 5.74) is 7.00. The summed E-state index contributed by atoms with van der Waals surface area (Å²) in [5, 5.41) is 7.04. The molecule has 0 aliphatic heterocycles. The maximum absolute atomic E-state index is 5.89. The fourth-order valence-electron chi connectivity index (χ4n) is 2.85. The molecule has 150 valence electrons. The van der Waals surface area contributed by atoms with Crippen LogP contribution in [0.5, 0.6) is 11.5 Å². The number of aromatic nitrogens is 1. The molecule has 5 nitrogen and oxygen atoms in total. The number of thiazole rings is 1. The molecule has 0 aliphatic rings. The van der Waals surface area contributed by atoms with Gasteiger partial charge < -0.3 is 9.47 Å². The quantitative estimate of drug-likeness (QED) is 0.290. The second-order valence-electron chi connectivity index (χ2n) is 6.46. The summed E-state index contributed by atoms with van der Waals surface area (Å²) < 4.78 is 11.4. The van der Waals surface area contributed by atoms with E-state index in [0.717, 1.165) is 27.5 Å². The van der Waals surface area contributed by atoms with Crippen LogP contribution >= 0.6 is 11.3 Å². The molecule has 1 heterocycles. The number of ether oxygens (including phenoxy) is 2. The number of methoxy groups -OCH3 is 1. The highest BCUT2D eigenvalue weighted by atomic mass is 32.1. The van der Waals surface area contributed by atoms with Gasteiger partial charge in [0.25, 0.3) is 0 Å². The van der Waals surface area contributed by atoms with E-state index >= 15 is 0 Å². The first-order valence-corrected chi connectivity index (χ1v) is 10.3. The highest BCUT2D eigenvalue weighted by Gasteiger charge is 2.06. The molecule has 0 spiro atoms. The lowest BCUT2D eigenvalue weighted by Crippen LogP contribution is -1.98. The average molecular weight is 416 g/mol. The lowest BCUT2D eigenvalue weighted by atomic mass is 10.2. The van der Waals surface area contributed by atoms with Gasteiger partial charge in [0.05, 0.1) is 19.0 Å². The van der Waals surface area contributed by atoms with Crippen molar-refractivity contribution in [3.63, 3.8) is 0 Å². The maximum atomic E-state index is 5.89. The van der Waals surface area contributed by atoms with Gasteiger partial charge in [0.1, 0.15) is 6.61 Å². The van der Waals surface area contributed by atoms with E-state index in [1.54, 1.807) is 13.3 Å².